The van der Waals surface area contributed by atoms with E-state index >= 15 is 0 Å². The topological polar surface area (TPSA) is 24.9 Å². The van der Waals surface area contributed by atoms with Gasteiger partial charge >= 0.3 is 0 Å². The summed E-state index contributed by atoms with van der Waals surface area (Å²) in [6.45, 7) is 9.13. The highest BCUT2D eigenvalue weighted by molar-refractivity contribution is 7.11. The molecular weight excluding hydrogens is 228 g/mol. The standard InChI is InChI=1S/C14H24N2S/c1-10(2)7-13-11(3)17-14(16-13)8-12-5-4-6-15-9-12/h10,12,15H,4-9H2,1-3H3. The van der Waals surface area contributed by atoms with Crippen molar-refractivity contribution in [2.45, 2.75) is 46.5 Å². The molecule has 0 spiro atoms. The molecule has 0 aromatic carbocycles. The number of piperidine rings is 1. The molecule has 1 unspecified atom stereocenters. The van der Waals surface area contributed by atoms with Gasteiger partial charge < -0.3 is 5.32 Å². The van der Waals surface area contributed by atoms with Gasteiger partial charge in [-0.25, -0.2) is 4.98 Å². The van der Waals surface area contributed by atoms with Crippen LogP contribution in [0.5, 0.6) is 0 Å². The Kier molecular flexibility index (Phi) is 4.57. The van der Waals surface area contributed by atoms with E-state index in [1.54, 1.807) is 0 Å². The Balaban J connectivity index is 1.96. The second-order valence-corrected chi connectivity index (χ2v) is 6.91. The van der Waals surface area contributed by atoms with E-state index in [9.17, 15) is 0 Å². The summed E-state index contributed by atoms with van der Waals surface area (Å²) in [5.74, 6) is 1.51. The number of hydrogen-bond acceptors (Lipinski definition) is 3. The second-order valence-electron chi connectivity index (χ2n) is 5.62. The first-order valence-corrected chi connectivity index (χ1v) is 7.62. The second kappa shape index (κ2) is 5.96. The number of aryl methyl sites for hydroxylation is 1. The first-order chi connectivity index (χ1) is 8.15. The van der Waals surface area contributed by atoms with Gasteiger partial charge in [0.05, 0.1) is 10.7 Å². The number of aromatic nitrogens is 1. The lowest BCUT2D eigenvalue weighted by molar-refractivity contribution is 0.375. The van der Waals surface area contributed by atoms with E-state index in [1.165, 1.54) is 47.9 Å². The lowest BCUT2D eigenvalue weighted by Crippen LogP contribution is -2.30. The summed E-state index contributed by atoms with van der Waals surface area (Å²) in [5.41, 5.74) is 1.34. The monoisotopic (exact) mass is 252 g/mol. The molecule has 0 radical (unpaired) electrons. The van der Waals surface area contributed by atoms with E-state index in [2.05, 4.69) is 26.1 Å². The van der Waals surface area contributed by atoms with E-state index in [0.717, 1.165) is 12.3 Å². The summed E-state index contributed by atoms with van der Waals surface area (Å²) in [6, 6.07) is 0. The van der Waals surface area contributed by atoms with Crippen molar-refractivity contribution in [1.29, 1.82) is 0 Å². The fourth-order valence-corrected chi connectivity index (χ4v) is 3.57. The van der Waals surface area contributed by atoms with Crippen molar-refractivity contribution in [2.75, 3.05) is 13.1 Å². The molecule has 0 amide bonds. The van der Waals surface area contributed by atoms with Crippen molar-refractivity contribution in [3.05, 3.63) is 15.6 Å². The third-order valence-electron chi connectivity index (χ3n) is 3.40. The van der Waals surface area contributed by atoms with Gasteiger partial charge in [0.2, 0.25) is 0 Å². The molecule has 0 aliphatic carbocycles. The lowest BCUT2D eigenvalue weighted by atomic mass is 9.97. The molecule has 2 rings (SSSR count). The zero-order chi connectivity index (χ0) is 12.3. The van der Waals surface area contributed by atoms with Crippen LogP contribution in [0.4, 0.5) is 0 Å². The van der Waals surface area contributed by atoms with E-state index in [-0.39, 0.29) is 0 Å². The van der Waals surface area contributed by atoms with Crippen LogP contribution in [0.1, 0.15) is 42.3 Å². The van der Waals surface area contributed by atoms with E-state index in [4.69, 9.17) is 4.98 Å². The summed E-state index contributed by atoms with van der Waals surface area (Å²) in [5, 5.41) is 4.84. The Morgan fingerprint density at radius 3 is 2.94 bits per heavy atom. The molecule has 3 heteroatoms. The van der Waals surface area contributed by atoms with Crippen LogP contribution in [0.2, 0.25) is 0 Å². The highest BCUT2D eigenvalue weighted by Gasteiger charge is 2.16. The van der Waals surface area contributed by atoms with Gasteiger partial charge in [0.15, 0.2) is 0 Å². The molecule has 17 heavy (non-hydrogen) atoms. The van der Waals surface area contributed by atoms with Crippen molar-refractivity contribution in [2.24, 2.45) is 11.8 Å². The number of thiazole rings is 1. The van der Waals surface area contributed by atoms with Gasteiger partial charge in [-0.05, 0) is 51.1 Å². The molecule has 1 aromatic heterocycles. The Morgan fingerprint density at radius 2 is 2.29 bits per heavy atom. The first-order valence-electron chi connectivity index (χ1n) is 6.81. The maximum Gasteiger partial charge on any atom is 0.0934 e. The molecule has 1 aromatic rings. The van der Waals surface area contributed by atoms with Crippen LogP contribution in [0.15, 0.2) is 0 Å². The molecule has 1 aliphatic heterocycles. The predicted molar refractivity (Wildman–Crippen MR) is 74.7 cm³/mol. The highest BCUT2D eigenvalue weighted by atomic mass is 32.1. The van der Waals surface area contributed by atoms with Gasteiger partial charge in [-0.1, -0.05) is 13.8 Å². The normalized spacial score (nSPS) is 21.1. The summed E-state index contributed by atoms with van der Waals surface area (Å²) in [4.78, 5) is 6.26. The smallest absolute Gasteiger partial charge is 0.0934 e. The van der Waals surface area contributed by atoms with Crippen LogP contribution >= 0.6 is 11.3 Å². The average Bonchev–Trinajstić information content (AvgIpc) is 2.59. The molecule has 0 bridgehead atoms. The zero-order valence-corrected chi connectivity index (χ0v) is 12.1. The van der Waals surface area contributed by atoms with Crippen molar-refractivity contribution < 1.29 is 0 Å². The number of nitrogens with zero attached hydrogens (tertiary/aromatic N) is 1. The third-order valence-corrected chi connectivity index (χ3v) is 4.44. The molecule has 1 aliphatic rings. The van der Waals surface area contributed by atoms with Gasteiger partial charge in [0.25, 0.3) is 0 Å². The minimum absolute atomic E-state index is 0.708. The Morgan fingerprint density at radius 1 is 1.47 bits per heavy atom. The molecule has 96 valence electrons. The predicted octanol–water partition coefficient (Wildman–Crippen LogP) is 3.19. The van der Waals surface area contributed by atoms with Crippen LogP contribution in [0.25, 0.3) is 0 Å². The van der Waals surface area contributed by atoms with Crippen LogP contribution in [0.3, 0.4) is 0 Å². The Bertz CT molecular complexity index is 351. The molecular formula is C14H24N2S. The van der Waals surface area contributed by atoms with Gasteiger partial charge in [-0.15, -0.1) is 11.3 Å². The van der Waals surface area contributed by atoms with Crippen molar-refractivity contribution in [3.8, 4) is 0 Å². The molecule has 1 N–H and O–H groups in total. The summed E-state index contributed by atoms with van der Waals surface area (Å²) < 4.78 is 0. The quantitative estimate of drug-likeness (QED) is 0.890. The van der Waals surface area contributed by atoms with E-state index < -0.39 is 0 Å². The summed E-state index contributed by atoms with van der Waals surface area (Å²) in [6.07, 6.45) is 5.00. The maximum absolute atomic E-state index is 4.83. The average molecular weight is 252 g/mol. The Hall–Kier alpha value is -0.410. The number of rotatable bonds is 4. The highest BCUT2D eigenvalue weighted by Crippen LogP contribution is 2.24. The molecule has 2 nitrogen and oxygen atoms in total. The number of hydrogen-bond donors (Lipinski definition) is 1. The van der Waals surface area contributed by atoms with Crippen molar-refractivity contribution in [1.82, 2.24) is 10.3 Å². The van der Waals surface area contributed by atoms with E-state index in [1.807, 2.05) is 11.3 Å². The summed E-state index contributed by atoms with van der Waals surface area (Å²) in [7, 11) is 0. The van der Waals surface area contributed by atoms with Crippen LogP contribution in [-0.4, -0.2) is 18.1 Å². The fraction of sp³-hybridized carbons (Fsp3) is 0.786. The van der Waals surface area contributed by atoms with Crippen LogP contribution in [-0.2, 0) is 12.8 Å². The molecule has 1 fully saturated rings. The summed E-state index contributed by atoms with van der Waals surface area (Å²) >= 11 is 1.91. The lowest BCUT2D eigenvalue weighted by Gasteiger charge is -2.21. The van der Waals surface area contributed by atoms with Crippen LogP contribution < -0.4 is 5.32 Å². The molecule has 1 saturated heterocycles. The minimum atomic E-state index is 0.708. The number of nitrogens with one attached hydrogen (secondary N) is 1. The zero-order valence-electron chi connectivity index (χ0n) is 11.3. The fourth-order valence-electron chi connectivity index (χ4n) is 2.50. The van der Waals surface area contributed by atoms with Gasteiger partial charge in [-0.2, -0.15) is 0 Å². The Labute approximate surface area is 109 Å². The minimum Gasteiger partial charge on any atom is -0.316 e. The van der Waals surface area contributed by atoms with E-state index in [0.29, 0.717) is 5.92 Å². The van der Waals surface area contributed by atoms with Gasteiger partial charge in [-0.3, -0.25) is 0 Å². The molecule has 0 saturated carbocycles. The molecule has 1 atom stereocenters. The van der Waals surface area contributed by atoms with Crippen LogP contribution in [0, 0.1) is 18.8 Å². The largest absolute Gasteiger partial charge is 0.316 e. The van der Waals surface area contributed by atoms with Crippen molar-refractivity contribution >= 4 is 11.3 Å². The first kappa shape index (κ1) is 13.0. The maximum atomic E-state index is 4.83. The van der Waals surface area contributed by atoms with Gasteiger partial charge in [0.1, 0.15) is 0 Å². The SMILES string of the molecule is Cc1sc(CC2CCCNC2)nc1CC(C)C. The third kappa shape index (κ3) is 3.78. The molecule has 2 heterocycles. The van der Waals surface area contributed by atoms with Gasteiger partial charge in [0, 0.05) is 11.3 Å². The van der Waals surface area contributed by atoms with Crippen molar-refractivity contribution in [3.63, 3.8) is 0 Å².